The molecule has 29 heavy (non-hydrogen) atoms. The SMILES string of the molecule is CCN1CCN(c2ccc(Cl)cc2NC(=O)COc2cccc([N+](=O)[O-])c2)CC1. The second-order valence-electron chi connectivity index (χ2n) is 6.67. The van der Waals surface area contributed by atoms with Gasteiger partial charge in [0.05, 0.1) is 22.4 Å². The van der Waals surface area contributed by atoms with Gasteiger partial charge < -0.3 is 19.9 Å². The van der Waals surface area contributed by atoms with Gasteiger partial charge in [-0.2, -0.15) is 0 Å². The summed E-state index contributed by atoms with van der Waals surface area (Å²) in [5.41, 5.74) is 1.44. The van der Waals surface area contributed by atoms with E-state index >= 15 is 0 Å². The first-order valence-corrected chi connectivity index (χ1v) is 9.78. The fourth-order valence-electron chi connectivity index (χ4n) is 3.21. The molecule has 0 saturated carbocycles. The van der Waals surface area contributed by atoms with Gasteiger partial charge in [-0.3, -0.25) is 14.9 Å². The number of nitrogens with one attached hydrogen (secondary N) is 1. The van der Waals surface area contributed by atoms with Gasteiger partial charge in [0, 0.05) is 37.3 Å². The van der Waals surface area contributed by atoms with Gasteiger partial charge in [-0.1, -0.05) is 24.6 Å². The molecule has 2 aromatic rings. The molecule has 1 aliphatic heterocycles. The van der Waals surface area contributed by atoms with E-state index in [1.807, 2.05) is 6.07 Å². The molecule has 1 amide bonds. The number of carbonyl (C=O) groups is 1. The zero-order valence-electron chi connectivity index (χ0n) is 16.1. The van der Waals surface area contributed by atoms with Crippen molar-refractivity contribution in [2.24, 2.45) is 0 Å². The molecule has 8 nitrogen and oxygen atoms in total. The van der Waals surface area contributed by atoms with Crippen LogP contribution in [0.15, 0.2) is 42.5 Å². The molecule has 1 heterocycles. The zero-order chi connectivity index (χ0) is 20.8. The Labute approximate surface area is 174 Å². The number of amides is 1. The highest BCUT2D eigenvalue weighted by molar-refractivity contribution is 6.31. The highest BCUT2D eigenvalue weighted by Crippen LogP contribution is 2.30. The highest BCUT2D eigenvalue weighted by Gasteiger charge is 2.19. The molecule has 1 fully saturated rings. The maximum Gasteiger partial charge on any atom is 0.273 e. The van der Waals surface area contributed by atoms with Crippen LogP contribution in [0.25, 0.3) is 0 Å². The third-order valence-corrected chi connectivity index (χ3v) is 5.03. The van der Waals surface area contributed by atoms with Crippen LogP contribution in [-0.2, 0) is 4.79 Å². The minimum absolute atomic E-state index is 0.0914. The monoisotopic (exact) mass is 418 g/mol. The van der Waals surface area contributed by atoms with E-state index in [0.29, 0.717) is 10.7 Å². The van der Waals surface area contributed by atoms with Crippen molar-refractivity contribution in [2.45, 2.75) is 6.92 Å². The number of ether oxygens (including phenoxy) is 1. The Bertz CT molecular complexity index is 885. The predicted octanol–water partition coefficient (Wildman–Crippen LogP) is 3.41. The minimum Gasteiger partial charge on any atom is -0.484 e. The van der Waals surface area contributed by atoms with Gasteiger partial charge in [0.1, 0.15) is 5.75 Å². The first kappa shape index (κ1) is 20.9. The first-order chi connectivity index (χ1) is 14.0. The Morgan fingerprint density at radius 2 is 1.97 bits per heavy atom. The topological polar surface area (TPSA) is 88.0 Å². The Morgan fingerprint density at radius 1 is 1.21 bits per heavy atom. The number of piperazine rings is 1. The zero-order valence-corrected chi connectivity index (χ0v) is 16.9. The van der Waals surface area contributed by atoms with Crippen LogP contribution in [-0.4, -0.2) is 55.1 Å². The molecule has 0 aromatic heterocycles. The Morgan fingerprint density at radius 3 is 2.66 bits per heavy atom. The lowest BCUT2D eigenvalue weighted by atomic mass is 10.2. The standard InChI is InChI=1S/C20H23ClN4O4/c1-2-23-8-10-24(11-9-23)19-7-6-15(21)12-18(19)22-20(26)14-29-17-5-3-4-16(13-17)25(27)28/h3-7,12-13H,2,8-11,14H2,1H3,(H,22,26). The van der Waals surface area contributed by atoms with Gasteiger partial charge in [0.25, 0.3) is 11.6 Å². The largest absolute Gasteiger partial charge is 0.484 e. The van der Waals surface area contributed by atoms with Crippen LogP contribution in [0, 0.1) is 10.1 Å². The summed E-state index contributed by atoms with van der Waals surface area (Å²) in [6, 6.07) is 11.1. The number of carbonyl (C=O) groups excluding carboxylic acids is 1. The van der Waals surface area contributed by atoms with Crippen molar-refractivity contribution in [3.63, 3.8) is 0 Å². The van der Waals surface area contributed by atoms with E-state index < -0.39 is 4.92 Å². The molecule has 0 aliphatic carbocycles. The molecule has 1 N–H and O–H groups in total. The van der Waals surface area contributed by atoms with Crippen LogP contribution < -0.4 is 15.0 Å². The number of nitrogens with zero attached hydrogens (tertiary/aromatic N) is 3. The van der Waals surface area contributed by atoms with Crippen LogP contribution >= 0.6 is 11.6 Å². The second-order valence-corrected chi connectivity index (χ2v) is 7.11. The molecule has 3 rings (SSSR count). The molecule has 0 bridgehead atoms. The maximum absolute atomic E-state index is 12.4. The quantitative estimate of drug-likeness (QED) is 0.547. The number of non-ortho nitro benzene ring substituents is 1. The number of halogens is 1. The molecule has 1 aliphatic rings. The lowest BCUT2D eigenvalue weighted by molar-refractivity contribution is -0.384. The van der Waals surface area contributed by atoms with Gasteiger partial charge in [0.15, 0.2) is 6.61 Å². The number of likely N-dealkylation sites (N-methyl/N-ethyl adjacent to an activating group) is 1. The van der Waals surface area contributed by atoms with Gasteiger partial charge in [-0.05, 0) is 30.8 Å². The number of benzene rings is 2. The summed E-state index contributed by atoms with van der Waals surface area (Å²) in [6.45, 7) is 6.55. The average Bonchev–Trinajstić information content (AvgIpc) is 2.73. The summed E-state index contributed by atoms with van der Waals surface area (Å²) >= 11 is 6.13. The van der Waals surface area contributed by atoms with E-state index in [-0.39, 0.29) is 24.0 Å². The second kappa shape index (κ2) is 9.58. The van der Waals surface area contributed by atoms with Gasteiger partial charge in [-0.15, -0.1) is 0 Å². The third-order valence-electron chi connectivity index (χ3n) is 4.79. The number of nitro groups is 1. The van der Waals surface area contributed by atoms with Crippen molar-refractivity contribution in [1.82, 2.24) is 4.90 Å². The summed E-state index contributed by atoms with van der Waals surface area (Å²) in [5.74, 6) is -0.108. The number of hydrogen-bond donors (Lipinski definition) is 1. The van der Waals surface area contributed by atoms with Crippen molar-refractivity contribution in [3.8, 4) is 5.75 Å². The third kappa shape index (κ3) is 5.58. The molecule has 0 spiro atoms. The molecule has 0 radical (unpaired) electrons. The lowest BCUT2D eigenvalue weighted by Crippen LogP contribution is -2.46. The van der Waals surface area contributed by atoms with Crippen LogP contribution in [0.5, 0.6) is 5.75 Å². The molecular weight excluding hydrogens is 396 g/mol. The summed E-state index contributed by atoms with van der Waals surface area (Å²) in [6.07, 6.45) is 0. The fraction of sp³-hybridized carbons (Fsp3) is 0.350. The smallest absolute Gasteiger partial charge is 0.273 e. The van der Waals surface area contributed by atoms with Gasteiger partial charge >= 0.3 is 0 Å². The predicted molar refractivity (Wildman–Crippen MR) is 113 cm³/mol. The molecule has 0 unspecified atom stereocenters. The lowest BCUT2D eigenvalue weighted by Gasteiger charge is -2.36. The van der Waals surface area contributed by atoms with E-state index in [0.717, 1.165) is 38.4 Å². The maximum atomic E-state index is 12.4. The molecular formula is C20H23ClN4O4. The molecule has 9 heteroatoms. The average molecular weight is 419 g/mol. The Kier molecular flexibility index (Phi) is 6.90. The van der Waals surface area contributed by atoms with Crippen molar-refractivity contribution in [3.05, 3.63) is 57.6 Å². The summed E-state index contributed by atoms with van der Waals surface area (Å²) < 4.78 is 5.41. The number of anilines is 2. The van der Waals surface area contributed by atoms with Crippen molar-refractivity contribution < 1.29 is 14.5 Å². The number of rotatable bonds is 7. The van der Waals surface area contributed by atoms with E-state index in [1.165, 1.54) is 18.2 Å². The van der Waals surface area contributed by atoms with E-state index in [9.17, 15) is 14.9 Å². The summed E-state index contributed by atoms with van der Waals surface area (Å²) in [5, 5.41) is 14.2. The van der Waals surface area contributed by atoms with Gasteiger partial charge in [-0.25, -0.2) is 0 Å². The van der Waals surface area contributed by atoms with E-state index in [2.05, 4.69) is 22.0 Å². The number of nitro benzene ring substituents is 1. The Hall–Kier alpha value is -2.84. The minimum atomic E-state index is -0.510. The first-order valence-electron chi connectivity index (χ1n) is 9.40. The molecule has 1 saturated heterocycles. The fourth-order valence-corrected chi connectivity index (χ4v) is 3.38. The van der Waals surface area contributed by atoms with Crippen molar-refractivity contribution in [1.29, 1.82) is 0 Å². The van der Waals surface area contributed by atoms with Crippen molar-refractivity contribution >= 4 is 34.6 Å². The van der Waals surface area contributed by atoms with Gasteiger partial charge in [0.2, 0.25) is 0 Å². The summed E-state index contributed by atoms with van der Waals surface area (Å²) in [4.78, 5) is 27.3. The highest BCUT2D eigenvalue weighted by atomic mass is 35.5. The van der Waals surface area contributed by atoms with Crippen LogP contribution in [0.4, 0.5) is 17.1 Å². The van der Waals surface area contributed by atoms with Crippen LogP contribution in [0.3, 0.4) is 0 Å². The molecule has 2 aromatic carbocycles. The van der Waals surface area contributed by atoms with Crippen LogP contribution in [0.1, 0.15) is 6.92 Å². The van der Waals surface area contributed by atoms with E-state index in [1.54, 1.807) is 18.2 Å². The molecule has 0 atom stereocenters. The normalized spacial score (nSPS) is 14.5. The van der Waals surface area contributed by atoms with Crippen LogP contribution in [0.2, 0.25) is 5.02 Å². The Balaban J connectivity index is 1.65. The number of hydrogen-bond acceptors (Lipinski definition) is 6. The van der Waals surface area contributed by atoms with Crippen molar-refractivity contribution in [2.75, 3.05) is 49.5 Å². The summed E-state index contributed by atoms with van der Waals surface area (Å²) in [7, 11) is 0. The van der Waals surface area contributed by atoms with E-state index in [4.69, 9.17) is 16.3 Å². The molecule has 154 valence electrons.